The molecular weight excluding hydrogens is 270 g/mol. The summed E-state index contributed by atoms with van der Waals surface area (Å²) in [4.78, 5) is 0. The Kier molecular flexibility index (Phi) is 3.58. The number of halogens is 1. The van der Waals surface area contributed by atoms with E-state index in [0.29, 0.717) is 0 Å². The first-order valence-corrected chi connectivity index (χ1v) is 7.36. The molecule has 1 heterocycles. The van der Waals surface area contributed by atoms with Crippen molar-refractivity contribution in [3.05, 3.63) is 58.6 Å². The van der Waals surface area contributed by atoms with E-state index in [2.05, 4.69) is 43.4 Å². The van der Waals surface area contributed by atoms with Crippen molar-refractivity contribution in [1.82, 2.24) is 0 Å². The van der Waals surface area contributed by atoms with Crippen LogP contribution < -0.4 is 10.1 Å². The fraction of sp³-hybridized carbons (Fsp3) is 0.294. The van der Waals surface area contributed by atoms with Gasteiger partial charge in [0.25, 0.3) is 0 Å². The van der Waals surface area contributed by atoms with Crippen molar-refractivity contribution in [2.24, 2.45) is 0 Å². The fourth-order valence-corrected chi connectivity index (χ4v) is 2.75. The van der Waals surface area contributed by atoms with Gasteiger partial charge in [0, 0.05) is 5.02 Å². The van der Waals surface area contributed by atoms with Crippen molar-refractivity contribution >= 4 is 17.3 Å². The predicted molar refractivity (Wildman–Crippen MR) is 83.7 cm³/mol. The van der Waals surface area contributed by atoms with Gasteiger partial charge in [-0.2, -0.15) is 0 Å². The van der Waals surface area contributed by atoms with Gasteiger partial charge in [-0.3, -0.25) is 0 Å². The molecule has 0 bridgehead atoms. The summed E-state index contributed by atoms with van der Waals surface area (Å²) in [5.41, 5.74) is 3.51. The Bertz CT molecular complexity index is 609. The molecule has 0 saturated heterocycles. The van der Waals surface area contributed by atoms with Crippen LogP contribution in [0.1, 0.15) is 31.1 Å². The molecule has 1 aliphatic rings. The van der Waals surface area contributed by atoms with Crippen LogP contribution in [0.25, 0.3) is 0 Å². The normalized spacial score (nSPS) is 20.8. The van der Waals surface area contributed by atoms with Gasteiger partial charge in [-0.25, -0.2) is 0 Å². The molecular formula is C17H18ClNO. The Morgan fingerprint density at radius 2 is 1.90 bits per heavy atom. The van der Waals surface area contributed by atoms with E-state index in [1.807, 2.05) is 18.2 Å². The fourth-order valence-electron chi connectivity index (χ4n) is 2.58. The zero-order chi connectivity index (χ0) is 14.1. The molecule has 0 amide bonds. The van der Waals surface area contributed by atoms with Gasteiger partial charge in [0.2, 0.25) is 0 Å². The number of benzene rings is 2. The van der Waals surface area contributed by atoms with Gasteiger partial charge in [0.05, 0.1) is 11.7 Å². The number of aryl methyl sites for hydroxylation is 1. The van der Waals surface area contributed by atoms with Crippen LogP contribution in [0, 0.1) is 0 Å². The van der Waals surface area contributed by atoms with Gasteiger partial charge in [-0.15, -0.1) is 0 Å². The van der Waals surface area contributed by atoms with E-state index in [-0.39, 0.29) is 12.1 Å². The smallest absolute Gasteiger partial charge is 0.144 e. The lowest BCUT2D eigenvalue weighted by atomic mass is 9.99. The third kappa shape index (κ3) is 2.48. The molecule has 3 rings (SSSR count). The first-order chi connectivity index (χ1) is 9.67. The van der Waals surface area contributed by atoms with E-state index in [0.717, 1.165) is 22.9 Å². The van der Waals surface area contributed by atoms with Gasteiger partial charge in [-0.05, 0) is 42.7 Å². The number of fused-ring (bicyclic) bond motifs is 1. The Morgan fingerprint density at radius 1 is 1.15 bits per heavy atom. The average Bonchev–Trinajstić information content (AvgIpc) is 2.46. The number of hydrogen-bond acceptors (Lipinski definition) is 2. The summed E-state index contributed by atoms with van der Waals surface area (Å²) in [6.45, 7) is 4.29. The van der Waals surface area contributed by atoms with Crippen LogP contribution in [0.2, 0.25) is 5.02 Å². The van der Waals surface area contributed by atoms with Crippen molar-refractivity contribution in [2.45, 2.75) is 32.4 Å². The standard InChI is InChI=1S/C17H18ClNO/c1-3-12-4-6-13(7-5-12)17-11(2)19-15-10-14(18)8-9-16(15)20-17/h4-11,17,19H,3H2,1-2H3. The summed E-state index contributed by atoms with van der Waals surface area (Å²) in [6.07, 6.45) is 1.08. The summed E-state index contributed by atoms with van der Waals surface area (Å²) in [5.74, 6) is 0.858. The first kappa shape index (κ1) is 13.3. The second kappa shape index (κ2) is 5.37. The Labute approximate surface area is 124 Å². The molecule has 104 valence electrons. The maximum atomic E-state index is 6.14. The molecule has 0 spiro atoms. The molecule has 0 saturated carbocycles. The second-order valence-corrected chi connectivity index (χ2v) is 5.64. The van der Waals surface area contributed by atoms with Crippen molar-refractivity contribution in [3.63, 3.8) is 0 Å². The van der Waals surface area contributed by atoms with E-state index < -0.39 is 0 Å². The lowest BCUT2D eigenvalue weighted by Crippen LogP contribution is -2.32. The lowest BCUT2D eigenvalue weighted by molar-refractivity contribution is 0.177. The monoisotopic (exact) mass is 287 g/mol. The third-order valence-corrected chi connectivity index (χ3v) is 3.98. The van der Waals surface area contributed by atoms with E-state index in [1.165, 1.54) is 11.1 Å². The lowest BCUT2D eigenvalue weighted by Gasteiger charge is -2.33. The zero-order valence-electron chi connectivity index (χ0n) is 11.7. The zero-order valence-corrected chi connectivity index (χ0v) is 12.4. The minimum atomic E-state index is 0.0228. The molecule has 2 aromatic rings. The highest BCUT2D eigenvalue weighted by atomic mass is 35.5. The summed E-state index contributed by atoms with van der Waals surface area (Å²) < 4.78 is 6.14. The van der Waals surface area contributed by atoms with E-state index in [9.17, 15) is 0 Å². The quantitative estimate of drug-likeness (QED) is 0.853. The Balaban J connectivity index is 1.89. The molecule has 2 aromatic carbocycles. The number of ether oxygens (including phenoxy) is 1. The molecule has 0 aliphatic carbocycles. The number of anilines is 1. The Hall–Kier alpha value is -1.67. The Morgan fingerprint density at radius 3 is 2.60 bits per heavy atom. The van der Waals surface area contributed by atoms with E-state index in [1.54, 1.807) is 0 Å². The number of rotatable bonds is 2. The van der Waals surface area contributed by atoms with Crippen LogP contribution in [0.4, 0.5) is 5.69 Å². The van der Waals surface area contributed by atoms with Crippen molar-refractivity contribution in [1.29, 1.82) is 0 Å². The predicted octanol–water partition coefficient (Wildman–Crippen LogP) is 4.84. The van der Waals surface area contributed by atoms with Crippen LogP contribution in [-0.4, -0.2) is 6.04 Å². The van der Waals surface area contributed by atoms with Crippen LogP contribution >= 0.6 is 11.6 Å². The molecule has 20 heavy (non-hydrogen) atoms. The highest BCUT2D eigenvalue weighted by Crippen LogP contribution is 2.38. The molecule has 0 radical (unpaired) electrons. The van der Waals surface area contributed by atoms with Gasteiger partial charge in [-0.1, -0.05) is 42.8 Å². The maximum Gasteiger partial charge on any atom is 0.144 e. The van der Waals surface area contributed by atoms with Crippen molar-refractivity contribution < 1.29 is 4.74 Å². The van der Waals surface area contributed by atoms with E-state index >= 15 is 0 Å². The molecule has 2 unspecified atom stereocenters. The summed E-state index contributed by atoms with van der Waals surface area (Å²) in [5, 5.41) is 4.19. The molecule has 1 aliphatic heterocycles. The minimum Gasteiger partial charge on any atom is -0.481 e. The third-order valence-electron chi connectivity index (χ3n) is 3.75. The number of nitrogens with one attached hydrogen (secondary N) is 1. The minimum absolute atomic E-state index is 0.0228. The highest BCUT2D eigenvalue weighted by molar-refractivity contribution is 6.30. The highest BCUT2D eigenvalue weighted by Gasteiger charge is 2.27. The molecule has 1 N–H and O–H groups in total. The van der Waals surface area contributed by atoms with Crippen LogP contribution in [0.5, 0.6) is 5.75 Å². The van der Waals surface area contributed by atoms with Gasteiger partial charge in [0.1, 0.15) is 11.9 Å². The molecule has 0 aromatic heterocycles. The van der Waals surface area contributed by atoms with E-state index in [4.69, 9.17) is 16.3 Å². The van der Waals surface area contributed by atoms with Crippen LogP contribution in [0.3, 0.4) is 0 Å². The molecule has 3 heteroatoms. The SMILES string of the molecule is CCc1ccc(C2Oc3ccc(Cl)cc3NC2C)cc1. The topological polar surface area (TPSA) is 21.3 Å². The molecule has 2 atom stereocenters. The van der Waals surface area contributed by atoms with Gasteiger partial charge in [0.15, 0.2) is 0 Å². The average molecular weight is 288 g/mol. The van der Waals surface area contributed by atoms with Crippen molar-refractivity contribution in [3.8, 4) is 5.75 Å². The summed E-state index contributed by atoms with van der Waals surface area (Å²) in [7, 11) is 0. The van der Waals surface area contributed by atoms with Crippen molar-refractivity contribution in [2.75, 3.05) is 5.32 Å². The molecule has 0 fully saturated rings. The van der Waals surface area contributed by atoms with Gasteiger partial charge < -0.3 is 10.1 Å². The van der Waals surface area contributed by atoms with Crippen LogP contribution in [-0.2, 0) is 6.42 Å². The van der Waals surface area contributed by atoms with Crippen LogP contribution in [0.15, 0.2) is 42.5 Å². The molecule has 2 nitrogen and oxygen atoms in total. The second-order valence-electron chi connectivity index (χ2n) is 5.21. The number of hydrogen-bond donors (Lipinski definition) is 1. The summed E-state index contributed by atoms with van der Waals surface area (Å²) >= 11 is 6.02. The first-order valence-electron chi connectivity index (χ1n) is 6.99. The summed E-state index contributed by atoms with van der Waals surface area (Å²) in [6, 6.07) is 14.5. The van der Waals surface area contributed by atoms with Gasteiger partial charge >= 0.3 is 0 Å². The largest absolute Gasteiger partial charge is 0.481 e. The maximum absolute atomic E-state index is 6.14.